The van der Waals surface area contributed by atoms with Crippen LogP contribution in [0.1, 0.15) is 28.3 Å². The molecule has 0 bridgehead atoms. The molecule has 2 aromatic rings. The zero-order chi connectivity index (χ0) is 17.0. The number of benzene rings is 2. The van der Waals surface area contributed by atoms with Gasteiger partial charge in [-0.15, -0.1) is 0 Å². The Morgan fingerprint density at radius 2 is 1.87 bits per heavy atom. The van der Waals surface area contributed by atoms with Gasteiger partial charge >= 0.3 is 0 Å². The first-order valence-electron chi connectivity index (χ1n) is 7.38. The molecule has 2 rings (SSSR count). The van der Waals surface area contributed by atoms with Crippen LogP contribution in [0.5, 0.6) is 11.5 Å². The van der Waals surface area contributed by atoms with E-state index in [0.29, 0.717) is 12.3 Å². The van der Waals surface area contributed by atoms with Gasteiger partial charge in [-0.05, 0) is 37.1 Å². The van der Waals surface area contributed by atoms with E-state index in [1.54, 1.807) is 12.1 Å². The van der Waals surface area contributed by atoms with Crippen molar-refractivity contribution in [2.24, 2.45) is 5.73 Å². The SMILES string of the molecule is COc1cc(CNC(=O)C(N)c2cc(C)cc(C)c2)ccc1O. The topological polar surface area (TPSA) is 84.6 Å². The lowest BCUT2D eigenvalue weighted by Gasteiger charge is -2.14. The zero-order valence-electron chi connectivity index (χ0n) is 13.6. The summed E-state index contributed by atoms with van der Waals surface area (Å²) in [5.74, 6) is 0.187. The molecule has 0 saturated carbocycles. The van der Waals surface area contributed by atoms with Gasteiger partial charge in [0.1, 0.15) is 6.04 Å². The highest BCUT2D eigenvalue weighted by atomic mass is 16.5. The summed E-state index contributed by atoms with van der Waals surface area (Å²) in [5.41, 5.74) is 9.81. The number of nitrogens with one attached hydrogen (secondary N) is 1. The van der Waals surface area contributed by atoms with Crippen LogP contribution in [0.25, 0.3) is 0 Å². The molecule has 5 nitrogen and oxygen atoms in total. The second-order valence-electron chi connectivity index (χ2n) is 5.62. The van der Waals surface area contributed by atoms with Gasteiger partial charge in [-0.1, -0.05) is 35.4 Å². The van der Waals surface area contributed by atoms with E-state index in [1.807, 2.05) is 32.0 Å². The summed E-state index contributed by atoms with van der Waals surface area (Å²) in [7, 11) is 1.48. The summed E-state index contributed by atoms with van der Waals surface area (Å²) in [6.07, 6.45) is 0. The van der Waals surface area contributed by atoms with Crippen LogP contribution in [0.15, 0.2) is 36.4 Å². The van der Waals surface area contributed by atoms with Crippen molar-refractivity contribution in [3.8, 4) is 11.5 Å². The predicted molar refractivity (Wildman–Crippen MR) is 89.3 cm³/mol. The fraction of sp³-hybridized carbons (Fsp3) is 0.278. The molecule has 0 radical (unpaired) electrons. The number of carbonyl (C=O) groups is 1. The second-order valence-corrected chi connectivity index (χ2v) is 5.62. The van der Waals surface area contributed by atoms with Gasteiger partial charge < -0.3 is 20.9 Å². The minimum absolute atomic E-state index is 0.0644. The van der Waals surface area contributed by atoms with Gasteiger partial charge in [0.15, 0.2) is 11.5 Å². The molecule has 0 saturated heterocycles. The van der Waals surface area contributed by atoms with Crippen molar-refractivity contribution in [2.75, 3.05) is 7.11 Å². The van der Waals surface area contributed by atoms with Crippen molar-refractivity contribution in [3.05, 3.63) is 58.7 Å². The Balaban J connectivity index is 2.04. The molecule has 0 aliphatic carbocycles. The fourth-order valence-corrected chi connectivity index (χ4v) is 2.47. The molecular formula is C18H22N2O3. The Morgan fingerprint density at radius 1 is 1.22 bits per heavy atom. The lowest BCUT2D eigenvalue weighted by molar-refractivity contribution is -0.122. The summed E-state index contributed by atoms with van der Waals surface area (Å²) in [4.78, 5) is 12.2. The van der Waals surface area contributed by atoms with E-state index in [0.717, 1.165) is 22.3 Å². The number of methoxy groups -OCH3 is 1. The van der Waals surface area contributed by atoms with Crippen molar-refractivity contribution in [1.29, 1.82) is 0 Å². The molecule has 0 aromatic heterocycles. The van der Waals surface area contributed by atoms with Crippen LogP contribution in [0, 0.1) is 13.8 Å². The number of amides is 1. The molecule has 1 amide bonds. The van der Waals surface area contributed by atoms with E-state index in [2.05, 4.69) is 5.32 Å². The number of nitrogens with two attached hydrogens (primary N) is 1. The van der Waals surface area contributed by atoms with E-state index in [-0.39, 0.29) is 11.7 Å². The van der Waals surface area contributed by atoms with E-state index in [1.165, 1.54) is 13.2 Å². The molecule has 0 aliphatic rings. The summed E-state index contributed by atoms with van der Waals surface area (Å²) >= 11 is 0. The van der Waals surface area contributed by atoms with Crippen molar-refractivity contribution >= 4 is 5.91 Å². The van der Waals surface area contributed by atoms with Crippen LogP contribution in [0.4, 0.5) is 0 Å². The zero-order valence-corrected chi connectivity index (χ0v) is 13.6. The quantitative estimate of drug-likeness (QED) is 0.791. The van der Waals surface area contributed by atoms with Crippen molar-refractivity contribution in [2.45, 2.75) is 26.4 Å². The Morgan fingerprint density at radius 3 is 2.48 bits per heavy atom. The fourth-order valence-electron chi connectivity index (χ4n) is 2.47. The van der Waals surface area contributed by atoms with Crippen molar-refractivity contribution in [3.63, 3.8) is 0 Å². The molecule has 122 valence electrons. The monoisotopic (exact) mass is 314 g/mol. The smallest absolute Gasteiger partial charge is 0.241 e. The molecule has 23 heavy (non-hydrogen) atoms. The first kappa shape index (κ1) is 16.8. The standard InChI is InChI=1S/C18H22N2O3/c1-11-6-12(2)8-14(7-11)17(19)18(22)20-10-13-4-5-15(21)16(9-13)23-3/h4-9,17,21H,10,19H2,1-3H3,(H,20,22). The first-order valence-corrected chi connectivity index (χ1v) is 7.38. The van der Waals surface area contributed by atoms with E-state index in [4.69, 9.17) is 10.5 Å². The van der Waals surface area contributed by atoms with Gasteiger partial charge in [0.25, 0.3) is 0 Å². The van der Waals surface area contributed by atoms with Gasteiger partial charge in [0, 0.05) is 6.54 Å². The first-order chi connectivity index (χ1) is 10.9. The minimum atomic E-state index is -0.715. The Kier molecular flexibility index (Phi) is 5.24. The molecular weight excluding hydrogens is 292 g/mol. The summed E-state index contributed by atoms with van der Waals surface area (Å²) < 4.78 is 5.05. The molecule has 1 atom stereocenters. The van der Waals surface area contributed by atoms with Crippen LogP contribution in [0.3, 0.4) is 0 Å². The van der Waals surface area contributed by atoms with Gasteiger partial charge in [-0.3, -0.25) is 4.79 Å². The van der Waals surface area contributed by atoms with Crippen LogP contribution < -0.4 is 15.8 Å². The highest BCUT2D eigenvalue weighted by molar-refractivity contribution is 5.83. The molecule has 0 fully saturated rings. The lowest BCUT2D eigenvalue weighted by atomic mass is 10.0. The van der Waals surface area contributed by atoms with Gasteiger partial charge in [-0.25, -0.2) is 0 Å². The number of phenolic OH excluding ortho intramolecular Hbond substituents is 1. The van der Waals surface area contributed by atoms with Gasteiger partial charge in [0.2, 0.25) is 5.91 Å². The Bertz CT molecular complexity index is 693. The Hall–Kier alpha value is -2.53. The van der Waals surface area contributed by atoms with Gasteiger partial charge in [-0.2, -0.15) is 0 Å². The molecule has 4 N–H and O–H groups in total. The molecule has 0 spiro atoms. The highest BCUT2D eigenvalue weighted by Crippen LogP contribution is 2.26. The molecule has 0 heterocycles. The summed E-state index contributed by atoms with van der Waals surface area (Å²) in [6, 6.07) is 10.1. The number of rotatable bonds is 5. The maximum Gasteiger partial charge on any atom is 0.241 e. The van der Waals surface area contributed by atoms with Crippen LogP contribution >= 0.6 is 0 Å². The third-order valence-electron chi connectivity index (χ3n) is 3.60. The van der Waals surface area contributed by atoms with Crippen molar-refractivity contribution < 1.29 is 14.6 Å². The van der Waals surface area contributed by atoms with E-state index < -0.39 is 6.04 Å². The number of hydrogen-bond donors (Lipinski definition) is 3. The third-order valence-corrected chi connectivity index (χ3v) is 3.60. The van der Waals surface area contributed by atoms with Crippen LogP contribution in [-0.4, -0.2) is 18.1 Å². The number of phenols is 1. The average molecular weight is 314 g/mol. The number of aryl methyl sites for hydroxylation is 2. The number of ether oxygens (including phenoxy) is 1. The lowest BCUT2D eigenvalue weighted by Crippen LogP contribution is -2.33. The molecule has 1 unspecified atom stereocenters. The Labute approximate surface area is 136 Å². The largest absolute Gasteiger partial charge is 0.504 e. The number of hydrogen-bond acceptors (Lipinski definition) is 4. The predicted octanol–water partition coefficient (Wildman–Crippen LogP) is 2.33. The normalized spacial score (nSPS) is 11.8. The van der Waals surface area contributed by atoms with E-state index in [9.17, 15) is 9.90 Å². The summed E-state index contributed by atoms with van der Waals surface area (Å²) in [5, 5.41) is 12.4. The third kappa shape index (κ3) is 4.23. The van der Waals surface area contributed by atoms with Gasteiger partial charge in [0.05, 0.1) is 7.11 Å². The second kappa shape index (κ2) is 7.15. The number of carbonyl (C=O) groups excluding carboxylic acids is 1. The van der Waals surface area contributed by atoms with Crippen molar-refractivity contribution in [1.82, 2.24) is 5.32 Å². The maximum atomic E-state index is 12.2. The van der Waals surface area contributed by atoms with E-state index >= 15 is 0 Å². The minimum Gasteiger partial charge on any atom is -0.504 e. The van der Waals surface area contributed by atoms with Crippen LogP contribution in [0.2, 0.25) is 0 Å². The molecule has 0 aliphatic heterocycles. The summed E-state index contributed by atoms with van der Waals surface area (Å²) in [6.45, 7) is 4.27. The molecule has 2 aromatic carbocycles. The van der Waals surface area contributed by atoms with Crippen LogP contribution in [-0.2, 0) is 11.3 Å². The average Bonchev–Trinajstić information content (AvgIpc) is 2.52. The highest BCUT2D eigenvalue weighted by Gasteiger charge is 2.16. The number of aromatic hydroxyl groups is 1. The molecule has 5 heteroatoms. The maximum absolute atomic E-state index is 12.2.